The van der Waals surface area contributed by atoms with Crippen LogP contribution in [0.3, 0.4) is 0 Å². The van der Waals surface area contributed by atoms with Gasteiger partial charge in [0.05, 0.1) is 6.10 Å². The van der Waals surface area contributed by atoms with Crippen molar-refractivity contribution in [1.82, 2.24) is 4.90 Å². The summed E-state index contributed by atoms with van der Waals surface area (Å²) in [6.45, 7) is 5.56. The molecular weight excluding hydrogens is 150 g/mol. The van der Waals surface area contributed by atoms with Crippen molar-refractivity contribution < 1.29 is 4.74 Å². The van der Waals surface area contributed by atoms with E-state index in [1.807, 2.05) is 0 Å². The molecule has 0 aromatic carbocycles. The van der Waals surface area contributed by atoms with Crippen LogP contribution in [0.1, 0.15) is 32.6 Å². The maximum Gasteiger partial charge on any atom is 0.0702 e. The summed E-state index contributed by atoms with van der Waals surface area (Å²) in [5.41, 5.74) is 0. The van der Waals surface area contributed by atoms with Crippen LogP contribution < -0.4 is 0 Å². The molecule has 1 saturated heterocycles. The highest BCUT2D eigenvalue weighted by molar-refractivity contribution is 4.68. The van der Waals surface area contributed by atoms with Gasteiger partial charge in [-0.15, -0.1) is 0 Å². The number of rotatable bonds is 5. The summed E-state index contributed by atoms with van der Waals surface area (Å²) in [6, 6.07) is 0. The summed E-state index contributed by atoms with van der Waals surface area (Å²) in [6.07, 6.45) is 5.63. The second-order valence-electron chi connectivity index (χ2n) is 3.75. The molecule has 0 radical (unpaired) electrons. The van der Waals surface area contributed by atoms with E-state index in [1.54, 1.807) is 0 Å². The largest absolute Gasteiger partial charge is 0.377 e. The average Bonchev–Trinajstić information content (AvgIpc) is 2.53. The van der Waals surface area contributed by atoms with Crippen LogP contribution in [0.15, 0.2) is 0 Å². The third-order valence-corrected chi connectivity index (χ3v) is 2.43. The molecule has 12 heavy (non-hydrogen) atoms. The van der Waals surface area contributed by atoms with Gasteiger partial charge in [-0.2, -0.15) is 0 Å². The van der Waals surface area contributed by atoms with Crippen molar-refractivity contribution in [2.24, 2.45) is 0 Å². The Hall–Kier alpha value is -0.0800. The van der Waals surface area contributed by atoms with Crippen molar-refractivity contribution >= 4 is 0 Å². The van der Waals surface area contributed by atoms with E-state index in [0.29, 0.717) is 6.10 Å². The summed E-state index contributed by atoms with van der Waals surface area (Å²) in [5.74, 6) is 0. The summed E-state index contributed by atoms with van der Waals surface area (Å²) < 4.78 is 5.56. The lowest BCUT2D eigenvalue weighted by molar-refractivity contribution is 0.0809. The van der Waals surface area contributed by atoms with Gasteiger partial charge < -0.3 is 9.64 Å². The second kappa shape index (κ2) is 5.55. The Morgan fingerprint density at radius 3 is 2.92 bits per heavy atom. The number of likely N-dealkylation sites (N-methyl/N-ethyl adjacent to an activating group) is 1. The molecule has 0 N–H and O–H groups in total. The molecule has 2 nitrogen and oxygen atoms in total. The van der Waals surface area contributed by atoms with E-state index in [2.05, 4.69) is 18.9 Å². The zero-order valence-electron chi connectivity index (χ0n) is 8.38. The Kier molecular flexibility index (Phi) is 4.62. The Balaban J connectivity index is 2.03. The van der Waals surface area contributed by atoms with E-state index in [0.717, 1.165) is 13.2 Å². The molecule has 1 aliphatic heterocycles. The molecule has 1 rings (SSSR count). The van der Waals surface area contributed by atoms with E-state index >= 15 is 0 Å². The van der Waals surface area contributed by atoms with Gasteiger partial charge in [-0.3, -0.25) is 0 Å². The van der Waals surface area contributed by atoms with E-state index < -0.39 is 0 Å². The van der Waals surface area contributed by atoms with Crippen LogP contribution in [-0.4, -0.2) is 37.7 Å². The SMILES string of the molecule is CCCCN(C)CC1CCCO1. The van der Waals surface area contributed by atoms with Crippen LogP contribution in [0.4, 0.5) is 0 Å². The van der Waals surface area contributed by atoms with E-state index in [9.17, 15) is 0 Å². The fourth-order valence-corrected chi connectivity index (χ4v) is 1.66. The second-order valence-corrected chi connectivity index (χ2v) is 3.75. The predicted molar refractivity (Wildman–Crippen MR) is 51.4 cm³/mol. The molecule has 1 heterocycles. The lowest BCUT2D eigenvalue weighted by atomic mass is 10.2. The molecule has 0 aromatic heterocycles. The third kappa shape index (κ3) is 3.55. The number of nitrogens with zero attached hydrogens (tertiary/aromatic N) is 1. The van der Waals surface area contributed by atoms with E-state index in [-0.39, 0.29) is 0 Å². The van der Waals surface area contributed by atoms with Crippen molar-refractivity contribution in [3.8, 4) is 0 Å². The van der Waals surface area contributed by atoms with Crippen molar-refractivity contribution in [1.29, 1.82) is 0 Å². The lowest BCUT2D eigenvalue weighted by Crippen LogP contribution is -2.29. The summed E-state index contributed by atoms with van der Waals surface area (Å²) in [7, 11) is 2.19. The van der Waals surface area contributed by atoms with Gasteiger partial charge in [0, 0.05) is 13.2 Å². The summed E-state index contributed by atoms with van der Waals surface area (Å²) in [4.78, 5) is 2.39. The van der Waals surface area contributed by atoms with Crippen molar-refractivity contribution in [2.45, 2.75) is 38.7 Å². The van der Waals surface area contributed by atoms with Crippen LogP contribution in [0.2, 0.25) is 0 Å². The molecule has 0 aromatic rings. The fraction of sp³-hybridized carbons (Fsp3) is 1.00. The van der Waals surface area contributed by atoms with Crippen LogP contribution in [0.5, 0.6) is 0 Å². The van der Waals surface area contributed by atoms with Gasteiger partial charge in [-0.05, 0) is 32.9 Å². The average molecular weight is 171 g/mol. The Bertz CT molecular complexity index is 110. The van der Waals surface area contributed by atoms with Crippen LogP contribution in [-0.2, 0) is 4.74 Å². The van der Waals surface area contributed by atoms with Gasteiger partial charge in [0.25, 0.3) is 0 Å². The first-order valence-corrected chi connectivity index (χ1v) is 5.13. The number of hydrogen-bond donors (Lipinski definition) is 0. The van der Waals surface area contributed by atoms with Crippen molar-refractivity contribution in [3.05, 3.63) is 0 Å². The quantitative estimate of drug-likeness (QED) is 0.626. The van der Waals surface area contributed by atoms with Crippen molar-refractivity contribution in [2.75, 3.05) is 26.7 Å². The highest BCUT2D eigenvalue weighted by atomic mass is 16.5. The Labute approximate surface area is 75.9 Å². The molecule has 0 saturated carbocycles. The highest BCUT2D eigenvalue weighted by Gasteiger charge is 2.16. The monoisotopic (exact) mass is 171 g/mol. The highest BCUT2D eigenvalue weighted by Crippen LogP contribution is 2.12. The summed E-state index contributed by atoms with van der Waals surface area (Å²) in [5, 5.41) is 0. The zero-order chi connectivity index (χ0) is 8.81. The first kappa shape index (κ1) is 10.0. The minimum Gasteiger partial charge on any atom is -0.377 e. The van der Waals surface area contributed by atoms with Crippen LogP contribution in [0, 0.1) is 0 Å². The molecule has 0 bridgehead atoms. The minimum absolute atomic E-state index is 0.520. The molecular formula is C10H21NO. The normalized spacial score (nSPS) is 23.8. The van der Waals surface area contributed by atoms with Gasteiger partial charge >= 0.3 is 0 Å². The Morgan fingerprint density at radius 2 is 2.33 bits per heavy atom. The first-order chi connectivity index (χ1) is 5.83. The Morgan fingerprint density at radius 1 is 1.50 bits per heavy atom. The molecule has 1 aliphatic rings. The molecule has 1 fully saturated rings. The van der Waals surface area contributed by atoms with Crippen LogP contribution in [0.25, 0.3) is 0 Å². The smallest absolute Gasteiger partial charge is 0.0702 e. The maximum atomic E-state index is 5.56. The molecule has 2 heteroatoms. The van der Waals surface area contributed by atoms with E-state index in [1.165, 1.54) is 32.2 Å². The van der Waals surface area contributed by atoms with Gasteiger partial charge in [-0.1, -0.05) is 13.3 Å². The standard InChI is InChI=1S/C10H21NO/c1-3-4-7-11(2)9-10-6-5-8-12-10/h10H,3-9H2,1-2H3. The van der Waals surface area contributed by atoms with Gasteiger partial charge in [0.15, 0.2) is 0 Å². The van der Waals surface area contributed by atoms with Gasteiger partial charge in [-0.25, -0.2) is 0 Å². The number of ether oxygens (including phenoxy) is 1. The first-order valence-electron chi connectivity index (χ1n) is 5.13. The fourth-order valence-electron chi connectivity index (χ4n) is 1.66. The van der Waals surface area contributed by atoms with Gasteiger partial charge in [0.1, 0.15) is 0 Å². The molecule has 72 valence electrons. The molecule has 0 spiro atoms. The molecule has 0 amide bonds. The number of hydrogen-bond acceptors (Lipinski definition) is 2. The molecule has 1 unspecified atom stereocenters. The topological polar surface area (TPSA) is 12.5 Å². The molecule has 0 aliphatic carbocycles. The van der Waals surface area contributed by atoms with Gasteiger partial charge in [0.2, 0.25) is 0 Å². The van der Waals surface area contributed by atoms with Crippen molar-refractivity contribution in [3.63, 3.8) is 0 Å². The summed E-state index contributed by atoms with van der Waals surface area (Å²) >= 11 is 0. The zero-order valence-corrected chi connectivity index (χ0v) is 8.38. The van der Waals surface area contributed by atoms with E-state index in [4.69, 9.17) is 4.74 Å². The third-order valence-electron chi connectivity index (χ3n) is 2.43. The minimum atomic E-state index is 0.520. The van der Waals surface area contributed by atoms with Crippen LogP contribution >= 0.6 is 0 Å². The molecule has 1 atom stereocenters. The lowest BCUT2D eigenvalue weighted by Gasteiger charge is -2.19. The number of unbranched alkanes of at least 4 members (excludes halogenated alkanes) is 1. The predicted octanol–water partition coefficient (Wildman–Crippen LogP) is 1.90. The maximum absolute atomic E-state index is 5.56.